The van der Waals surface area contributed by atoms with Crippen LogP contribution in [0.2, 0.25) is 5.02 Å². The molecule has 0 aliphatic carbocycles. The van der Waals surface area contributed by atoms with E-state index in [4.69, 9.17) is 16.3 Å². The van der Waals surface area contributed by atoms with Gasteiger partial charge in [0.25, 0.3) is 5.91 Å². The monoisotopic (exact) mass is 464 g/mol. The number of benzene rings is 2. The van der Waals surface area contributed by atoms with Crippen LogP contribution < -0.4 is 10.1 Å². The zero-order chi connectivity index (χ0) is 22.6. The number of rotatable bonds is 7. The molecule has 0 radical (unpaired) electrons. The number of ether oxygens (including phenoxy) is 1. The van der Waals surface area contributed by atoms with Gasteiger partial charge in [0, 0.05) is 13.1 Å². The van der Waals surface area contributed by atoms with Crippen molar-refractivity contribution in [2.45, 2.75) is 44.0 Å². The zero-order valence-corrected chi connectivity index (χ0v) is 19.7. The van der Waals surface area contributed by atoms with E-state index in [1.54, 1.807) is 7.11 Å². The highest BCUT2D eigenvalue weighted by Gasteiger charge is 2.29. The number of halogens is 1. The Morgan fingerprint density at radius 1 is 1.19 bits per heavy atom. The van der Waals surface area contributed by atoms with Crippen molar-refractivity contribution in [2.75, 3.05) is 20.2 Å². The molecule has 1 fully saturated rings. The molecule has 1 saturated heterocycles. The lowest BCUT2D eigenvalue weighted by Gasteiger charge is -2.29. The highest BCUT2D eigenvalue weighted by Crippen LogP contribution is 2.27. The molecule has 31 heavy (non-hydrogen) atoms. The molecule has 1 aliphatic heterocycles. The van der Waals surface area contributed by atoms with Gasteiger partial charge in [0.15, 0.2) is 0 Å². The first-order chi connectivity index (χ1) is 14.8. The van der Waals surface area contributed by atoms with Gasteiger partial charge in [-0.1, -0.05) is 37.6 Å². The van der Waals surface area contributed by atoms with Gasteiger partial charge >= 0.3 is 0 Å². The summed E-state index contributed by atoms with van der Waals surface area (Å²) in [4.78, 5) is 13.1. The molecule has 0 unspecified atom stereocenters. The predicted octanol–water partition coefficient (Wildman–Crippen LogP) is 4.65. The molecule has 168 valence electrons. The molecule has 3 rings (SSSR count). The minimum Gasteiger partial charge on any atom is -0.497 e. The van der Waals surface area contributed by atoms with E-state index < -0.39 is 15.9 Å². The maximum Gasteiger partial charge on any atom is 0.253 e. The molecule has 6 nitrogen and oxygen atoms in total. The Morgan fingerprint density at radius 2 is 1.84 bits per heavy atom. The Labute approximate surface area is 189 Å². The Kier molecular flexibility index (Phi) is 7.62. The van der Waals surface area contributed by atoms with Gasteiger partial charge in [-0.2, -0.15) is 4.31 Å². The van der Waals surface area contributed by atoms with Gasteiger partial charge in [0.05, 0.1) is 28.6 Å². The number of hydrogen-bond donors (Lipinski definition) is 1. The number of piperidine rings is 1. The molecule has 1 atom stereocenters. The van der Waals surface area contributed by atoms with Crippen molar-refractivity contribution >= 4 is 27.5 Å². The first kappa shape index (κ1) is 23.6. The average molecular weight is 465 g/mol. The van der Waals surface area contributed by atoms with Gasteiger partial charge in [-0.15, -0.1) is 0 Å². The summed E-state index contributed by atoms with van der Waals surface area (Å²) in [6, 6.07) is 11.6. The Balaban J connectivity index is 1.82. The van der Waals surface area contributed by atoms with Crippen molar-refractivity contribution < 1.29 is 17.9 Å². The van der Waals surface area contributed by atoms with E-state index in [1.165, 1.54) is 22.5 Å². The first-order valence-electron chi connectivity index (χ1n) is 10.5. The molecule has 1 heterocycles. The van der Waals surface area contributed by atoms with Crippen LogP contribution in [0.1, 0.15) is 55.1 Å². The molecule has 1 amide bonds. The van der Waals surface area contributed by atoms with Gasteiger partial charge in [0.1, 0.15) is 5.75 Å². The summed E-state index contributed by atoms with van der Waals surface area (Å²) in [5, 5.41) is 3.18. The minimum atomic E-state index is -3.67. The fraction of sp³-hybridized carbons (Fsp3) is 0.435. The largest absolute Gasteiger partial charge is 0.497 e. The van der Waals surface area contributed by atoms with Crippen LogP contribution in [0.5, 0.6) is 5.75 Å². The van der Waals surface area contributed by atoms with E-state index in [-0.39, 0.29) is 21.5 Å². The second-order valence-corrected chi connectivity index (χ2v) is 10.3. The SMILES string of the molecule is CC[C@H](NC(=O)c1cc(S(=O)(=O)N2CCC(C)CC2)ccc1Cl)c1ccc(OC)cc1. The number of carbonyl (C=O) groups is 1. The van der Waals surface area contributed by atoms with Gasteiger partial charge in [-0.3, -0.25) is 4.79 Å². The third kappa shape index (κ3) is 5.40. The molecule has 1 aliphatic rings. The van der Waals surface area contributed by atoms with Crippen LogP contribution in [0.15, 0.2) is 47.4 Å². The third-order valence-electron chi connectivity index (χ3n) is 5.79. The summed E-state index contributed by atoms with van der Waals surface area (Å²) in [6.45, 7) is 5.07. The number of sulfonamides is 1. The van der Waals surface area contributed by atoms with Crippen LogP contribution in [0, 0.1) is 5.92 Å². The quantitative estimate of drug-likeness (QED) is 0.647. The van der Waals surface area contributed by atoms with Crippen molar-refractivity contribution in [1.29, 1.82) is 0 Å². The molecular formula is C23H29ClN2O4S. The lowest BCUT2D eigenvalue weighted by Crippen LogP contribution is -2.38. The third-order valence-corrected chi connectivity index (χ3v) is 8.02. The molecule has 0 saturated carbocycles. The minimum absolute atomic E-state index is 0.0918. The standard InChI is InChI=1S/C23H29ClN2O4S/c1-4-22(17-5-7-18(30-3)8-6-17)25-23(27)20-15-19(9-10-21(20)24)31(28,29)26-13-11-16(2)12-14-26/h5-10,15-16,22H,4,11-14H2,1-3H3,(H,25,27)/t22-/m0/s1. The van der Waals surface area contributed by atoms with Gasteiger partial charge < -0.3 is 10.1 Å². The van der Waals surface area contributed by atoms with Crippen molar-refractivity contribution in [3.63, 3.8) is 0 Å². The smallest absolute Gasteiger partial charge is 0.253 e. The maximum atomic E-state index is 13.1. The second-order valence-electron chi connectivity index (χ2n) is 7.94. The van der Waals surface area contributed by atoms with Gasteiger partial charge in [-0.25, -0.2) is 8.42 Å². The molecule has 1 N–H and O–H groups in total. The van der Waals surface area contributed by atoms with E-state index in [9.17, 15) is 13.2 Å². The molecule has 2 aromatic carbocycles. The number of carbonyl (C=O) groups excluding carboxylic acids is 1. The summed E-state index contributed by atoms with van der Waals surface area (Å²) < 4.78 is 32.8. The fourth-order valence-electron chi connectivity index (χ4n) is 3.71. The van der Waals surface area contributed by atoms with Crippen LogP contribution >= 0.6 is 11.6 Å². The van der Waals surface area contributed by atoms with Crippen molar-refractivity contribution in [3.8, 4) is 5.75 Å². The zero-order valence-electron chi connectivity index (χ0n) is 18.1. The summed E-state index contributed by atoms with van der Waals surface area (Å²) in [7, 11) is -2.07. The van der Waals surface area contributed by atoms with E-state index in [0.29, 0.717) is 25.4 Å². The van der Waals surface area contributed by atoms with Crippen molar-refractivity contribution in [3.05, 3.63) is 58.6 Å². The molecule has 2 aromatic rings. The van der Waals surface area contributed by atoms with E-state index in [2.05, 4.69) is 12.2 Å². The second kappa shape index (κ2) is 10.0. The number of amides is 1. The molecular weight excluding hydrogens is 436 g/mol. The summed E-state index contributed by atoms with van der Waals surface area (Å²) in [5.74, 6) is 0.844. The van der Waals surface area contributed by atoms with E-state index >= 15 is 0 Å². The van der Waals surface area contributed by atoms with Crippen LogP contribution in [-0.2, 0) is 10.0 Å². The van der Waals surface area contributed by atoms with Crippen LogP contribution in [-0.4, -0.2) is 38.8 Å². The summed E-state index contributed by atoms with van der Waals surface area (Å²) >= 11 is 6.27. The normalized spacial score (nSPS) is 16.6. The fourth-order valence-corrected chi connectivity index (χ4v) is 5.41. The number of methoxy groups -OCH3 is 1. The average Bonchev–Trinajstić information content (AvgIpc) is 2.78. The Bertz CT molecular complexity index is 1020. The number of nitrogens with one attached hydrogen (secondary N) is 1. The van der Waals surface area contributed by atoms with Crippen LogP contribution in [0.25, 0.3) is 0 Å². The lowest BCUT2D eigenvalue weighted by molar-refractivity contribution is 0.0935. The maximum absolute atomic E-state index is 13.1. The lowest BCUT2D eigenvalue weighted by atomic mass is 10.0. The number of hydrogen-bond acceptors (Lipinski definition) is 4. The first-order valence-corrected chi connectivity index (χ1v) is 12.3. The topological polar surface area (TPSA) is 75.7 Å². The van der Waals surface area contributed by atoms with Crippen LogP contribution in [0.3, 0.4) is 0 Å². The summed E-state index contributed by atoms with van der Waals surface area (Å²) in [5.41, 5.74) is 1.08. The Hall–Kier alpha value is -2.09. The summed E-state index contributed by atoms with van der Waals surface area (Å²) in [6.07, 6.45) is 2.33. The Morgan fingerprint density at radius 3 is 2.42 bits per heavy atom. The highest BCUT2D eigenvalue weighted by molar-refractivity contribution is 7.89. The van der Waals surface area contributed by atoms with E-state index in [0.717, 1.165) is 24.2 Å². The predicted molar refractivity (Wildman–Crippen MR) is 122 cm³/mol. The van der Waals surface area contributed by atoms with Crippen molar-refractivity contribution in [2.24, 2.45) is 5.92 Å². The highest BCUT2D eigenvalue weighted by atomic mass is 35.5. The van der Waals surface area contributed by atoms with E-state index in [1.807, 2.05) is 31.2 Å². The molecule has 8 heteroatoms. The molecule has 0 bridgehead atoms. The van der Waals surface area contributed by atoms with Crippen molar-refractivity contribution in [1.82, 2.24) is 9.62 Å². The van der Waals surface area contributed by atoms with Gasteiger partial charge in [0.2, 0.25) is 10.0 Å². The van der Waals surface area contributed by atoms with Gasteiger partial charge in [-0.05, 0) is 61.1 Å². The van der Waals surface area contributed by atoms with Crippen LogP contribution in [0.4, 0.5) is 0 Å². The molecule has 0 aromatic heterocycles. The molecule has 0 spiro atoms. The number of nitrogens with zero attached hydrogens (tertiary/aromatic N) is 1.